The molecule has 1 aliphatic heterocycles. The van der Waals surface area contributed by atoms with Gasteiger partial charge in [-0.05, 0) is 50.4 Å². The molecule has 0 radical (unpaired) electrons. The zero-order valence-corrected chi connectivity index (χ0v) is 15.7. The maximum atomic E-state index is 12.8. The van der Waals surface area contributed by atoms with Gasteiger partial charge in [0.05, 0.1) is 7.11 Å². The fraction of sp³-hybridized carbons (Fsp3) is 0.529. The third-order valence-corrected chi connectivity index (χ3v) is 5.98. The molecule has 1 amide bonds. The first kappa shape index (κ1) is 20.2. The van der Waals surface area contributed by atoms with Crippen molar-refractivity contribution in [3.63, 3.8) is 0 Å². The van der Waals surface area contributed by atoms with Crippen LogP contribution in [0.3, 0.4) is 0 Å². The minimum atomic E-state index is -3.77. The number of carboxylic acids is 1. The summed E-state index contributed by atoms with van der Waals surface area (Å²) in [6.45, 7) is 1.05. The van der Waals surface area contributed by atoms with Crippen molar-refractivity contribution in [2.45, 2.75) is 30.6 Å². The first-order valence-corrected chi connectivity index (χ1v) is 9.89. The van der Waals surface area contributed by atoms with Gasteiger partial charge in [-0.2, -0.15) is 0 Å². The van der Waals surface area contributed by atoms with Crippen LogP contribution in [-0.2, 0) is 14.8 Å². The van der Waals surface area contributed by atoms with Crippen LogP contribution >= 0.6 is 0 Å². The summed E-state index contributed by atoms with van der Waals surface area (Å²) in [5.41, 5.74) is 0.263. The summed E-state index contributed by atoms with van der Waals surface area (Å²) < 4.78 is 31.6. The third kappa shape index (κ3) is 4.73. The van der Waals surface area contributed by atoms with Crippen molar-refractivity contribution in [1.82, 2.24) is 9.62 Å². The molecule has 0 saturated carbocycles. The fourth-order valence-corrected chi connectivity index (χ4v) is 4.04. The van der Waals surface area contributed by atoms with E-state index in [-0.39, 0.29) is 34.5 Å². The number of amides is 1. The summed E-state index contributed by atoms with van der Waals surface area (Å²) in [7, 11) is -1.11. The highest BCUT2D eigenvalue weighted by molar-refractivity contribution is 7.89. The minimum Gasteiger partial charge on any atom is -0.495 e. The van der Waals surface area contributed by atoms with Gasteiger partial charge in [0.1, 0.15) is 10.6 Å². The molecular weight excluding hydrogens is 360 g/mol. The Bertz CT molecular complexity index is 777. The molecule has 0 aromatic heterocycles. The molecule has 1 aromatic carbocycles. The predicted octanol–water partition coefficient (Wildman–Crippen LogP) is 1.32. The van der Waals surface area contributed by atoms with Gasteiger partial charge >= 0.3 is 5.97 Å². The van der Waals surface area contributed by atoms with E-state index in [0.717, 1.165) is 12.8 Å². The lowest BCUT2D eigenvalue weighted by Crippen LogP contribution is -2.40. The summed E-state index contributed by atoms with van der Waals surface area (Å²) >= 11 is 0. The highest BCUT2D eigenvalue weighted by atomic mass is 32.2. The largest absolute Gasteiger partial charge is 0.495 e. The zero-order valence-electron chi connectivity index (χ0n) is 14.9. The first-order chi connectivity index (χ1) is 12.3. The molecule has 2 rings (SSSR count). The van der Waals surface area contributed by atoms with Crippen LogP contribution in [0.4, 0.5) is 0 Å². The van der Waals surface area contributed by atoms with E-state index in [2.05, 4.69) is 4.72 Å². The SMILES string of the molecule is CNS(=O)(=O)c1cc(C(=O)N2CCCC(CCC(=O)O)C2)ccc1OC. The molecule has 1 aromatic rings. The predicted molar refractivity (Wildman–Crippen MR) is 94.7 cm³/mol. The van der Waals surface area contributed by atoms with Gasteiger partial charge < -0.3 is 14.7 Å². The Morgan fingerprint density at radius 1 is 1.38 bits per heavy atom. The molecule has 0 spiro atoms. The lowest BCUT2D eigenvalue weighted by Gasteiger charge is -2.32. The average molecular weight is 384 g/mol. The van der Waals surface area contributed by atoms with E-state index < -0.39 is 16.0 Å². The lowest BCUT2D eigenvalue weighted by molar-refractivity contribution is -0.137. The molecule has 2 N–H and O–H groups in total. The number of likely N-dealkylation sites (tertiary alicyclic amines) is 1. The van der Waals surface area contributed by atoms with Crippen LogP contribution in [0, 0.1) is 5.92 Å². The molecule has 1 heterocycles. The number of carboxylic acid groups (broad SMARTS) is 1. The second-order valence-corrected chi connectivity index (χ2v) is 8.12. The van der Waals surface area contributed by atoms with Crippen molar-refractivity contribution >= 4 is 21.9 Å². The lowest BCUT2D eigenvalue weighted by atomic mass is 9.93. The number of nitrogens with one attached hydrogen (secondary N) is 1. The number of sulfonamides is 1. The monoisotopic (exact) mass is 384 g/mol. The zero-order chi connectivity index (χ0) is 19.3. The number of benzene rings is 1. The second-order valence-electron chi connectivity index (χ2n) is 6.27. The highest BCUT2D eigenvalue weighted by Gasteiger charge is 2.27. The topological polar surface area (TPSA) is 113 Å². The maximum Gasteiger partial charge on any atom is 0.303 e. The molecule has 26 heavy (non-hydrogen) atoms. The Morgan fingerprint density at radius 3 is 2.73 bits per heavy atom. The molecule has 1 unspecified atom stereocenters. The number of ether oxygens (including phenoxy) is 1. The quantitative estimate of drug-likeness (QED) is 0.733. The van der Waals surface area contributed by atoms with Crippen molar-refractivity contribution in [3.8, 4) is 5.75 Å². The van der Waals surface area contributed by atoms with E-state index in [0.29, 0.717) is 19.5 Å². The molecule has 0 aliphatic carbocycles. The Balaban J connectivity index is 2.21. The van der Waals surface area contributed by atoms with Crippen LogP contribution in [0.2, 0.25) is 0 Å². The fourth-order valence-electron chi connectivity index (χ4n) is 3.13. The van der Waals surface area contributed by atoms with Crippen LogP contribution in [0.25, 0.3) is 0 Å². The standard InChI is InChI=1S/C17H24N2O6S/c1-18-26(23,24)15-10-13(6-7-14(15)25-2)17(22)19-9-3-4-12(11-19)5-8-16(20)21/h6-7,10,12,18H,3-5,8-9,11H2,1-2H3,(H,20,21). The van der Waals surface area contributed by atoms with E-state index in [1.54, 1.807) is 4.90 Å². The highest BCUT2D eigenvalue weighted by Crippen LogP contribution is 2.27. The summed E-state index contributed by atoms with van der Waals surface area (Å²) in [6, 6.07) is 4.31. The number of hydrogen-bond donors (Lipinski definition) is 2. The number of nitrogens with zero attached hydrogens (tertiary/aromatic N) is 1. The third-order valence-electron chi connectivity index (χ3n) is 4.54. The van der Waals surface area contributed by atoms with Crippen molar-refractivity contribution in [3.05, 3.63) is 23.8 Å². The van der Waals surface area contributed by atoms with Crippen LogP contribution in [0.15, 0.2) is 23.1 Å². The molecule has 144 valence electrons. The molecule has 1 aliphatic rings. The maximum absolute atomic E-state index is 12.8. The molecule has 1 atom stereocenters. The second kappa shape index (κ2) is 8.50. The van der Waals surface area contributed by atoms with E-state index in [1.807, 2.05) is 0 Å². The van der Waals surface area contributed by atoms with Crippen molar-refractivity contribution in [2.24, 2.45) is 5.92 Å². The van der Waals surface area contributed by atoms with Gasteiger partial charge in [0, 0.05) is 25.1 Å². The van der Waals surface area contributed by atoms with Crippen LogP contribution in [-0.4, -0.2) is 57.5 Å². The Kier molecular flexibility index (Phi) is 6.60. The summed E-state index contributed by atoms with van der Waals surface area (Å²) in [5, 5.41) is 8.82. The smallest absolute Gasteiger partial charge is 0.303 e. The Labute approximate surface area is 153 Å². The normalized spacial score (nSPS) is 17.8. The van der Waals surface area contributed by atoms with Crippen LogP contribution in [0.1, 0.15) is 36.0 Å². The van der Waals surface area contributed by atoms with Gasteiger partial charge in [-0.15, -0.1) is 0 Å². The first-order valence-electron chi connectivity index (χ1n) is 8.41. The number of rotatable bonds is 7. The van der Waals surface area contributed by atoms with Gasteiger partial charge in [-0.3, -0.25) is 9.59 Å². The molecule has 9 heteroatoms. The van der Waals surface area contributed by atoms with Crippen molar-refractivity contribution in [2.75, 3.05) is 27.2 Å². The molecule has 0 bridgehead atoms. The van der Waals surface area contributed by atoms with Crippen molar-refractivity contribution < 1.29 is 27.9 Å². The van der Waals surface area contributed by atoms with Gasteiger partial charge in [0.15, 0.2) is 0 Å². The minimum absolute atomic E-state index is 0.0831. The summed E-state index contributed by atoms with van der Waals surface area (Å²) in [4.78, 5) is 25.1. The summed E-state index contributed by atoms with van der Waals surface area (Å²) in [5.74, 6) is -0.804. The van der Waals surface area contributed by atoms with Gasteiger partial charge in [0.25, 0.3) is 5.91 Å². The number of carbonyl (C=O) groups excluding carboxylic acids is 1. The van der Waals surface area contributed by atoms with Gasteiger partial charge in [0.2, 0.25) is 10.0 Å². The average Bonchev–Trinajstić information content (AvgIpc) is 2.65. The van der Waals surface area contributed by atoms with E-state index >= 15 is 0 Å². The number of piperidine rings is 1. The van der Waals surface area contributed by atoms with Crippen LogP contribution in [0.5, 0.6) is 5.75 Å². The number of methoxy groups -OCH3 is 1. The van der Waals surface area contributed by atoms with E-state index in [4.69, 9.17) is 9.84 Å². The van der Waals surface area contributed by atoms with Gasteiger partial charge in [-0.1, -0.05) is 0 Å². The molecule has 1 saturated heterocycles. The van der Waals surface area contributed by atoms with E-state index in [9.17, 15) is 18.0 Å². The molecule has 1 fully saturated rings. The molecular formula is C17H24N2O6S. The number of carbonyl (C=O) groups is 2. The Morgan fingerprint density at radius 2 is 2.12 bits per heavy atom. The molecule has 8 nitrogen and oxygen atoms in total. The van der Waals surface area contributed by atoms with Crippen LogP contribution < -0.4 is 9.46 Å². The van der Waals surface area contributed by atoms with E-state index in [1.165, 1.54) is 32.4 Å². The Hall–Kier alpha value is -2.13. The number of aliphatic carboxylic acids is 1. The number of hydrogen-bond acceptors (Lipinski definition) is 5. The van der Waals surface area contributed by atoms with Crippen molar-refractivity contribution in [1.29, 1.82) is 0 Å². The summed E-state index contributed by atoms with van der Waals surface area (Å²) in [6.07, 6.45) is 2.30. The van der Waals surface area contributed by atoms with Gasteiger partial charge in [-0.25, -0.2) is 13.1 Å².